The van der Waals surface area contributed by atoms with Crippen LogP contribution in [0, 0.1) is 0 Å². The summed E-state index contributed by atoms with van der Waals surface area (Å²) in [7, 11) is 0. The Labute approximate surface area is 126 Å². The maximum atomic E-state index is 12.3. The van der Waals surface area contributed by atoms with Gasteiger partial charge in [0.15, 0.2) is 0 Å². The van der Waals surface area contributed by atoms with E-state index in [4.69, 9.17) is 4.74 Å². The third-order valence-electron chi connectivity index (χ3n) is 3.69. The van der Waals surface area contributed by atoms with Crippen molar-refractivity contribution in [1.82, 2.24) is 4.90 Å². The Morgan fingerprint density at radius 1 is 1.29 bits per heavy atom. The lowest BCUT2D eigenvalue weighted by atomic mass is 9.92. The van der Waals surface area contributed by atoms with Crippen molar-refractivity contribution in [2.45, 2.75) is 51.2 Å². The van der Waals surface area contributed by atoms with E-state index in [-0.39, 0.29) is 12.0 Å². The van der Waals surface area contributed by atoms with Crippen molar-refractivity contribution in [3.8, 4) is 0 Å². The molecule has 2 unspecified atom stereocenters. The van der Waals surface area contributed by atoms with Crippen molar-refractivity contribution in [2.24, 2.45) is 0 Å². The van der Waals surface area contributed by atoms with Crippen molar-refractivity contribution >= 4 is 6.09 Å². The summed E-state index contributed by atoms with van der Waals surface area (Å²) in [5, 5.41) is 10.4. The van der Waals surface area contributed by atoms with Crippen LogP contribution in [-0.4, -0.2) is 40.9 Å². The molecule has 0 aromatic heterocycles. The predicted molar refractivity (Wildman–Crippen MR) is 82.2 cm³/mol. The highest BCUT2D eigenvalue weighted by molar-refractivity contribution is 5.68. The molecule has 1 aliphatic heterocycles. The first-order valence-corrected chi connectivity index (χ1v) is 7.58. The molecule has 4 heteroatoms. The maximum Gasteiger partial charge on any atom is 0.410 e. The molecule has 0 saturated carbocycles. The summed E-state index contributed by atoms with van der Waals surface area (Å²) in [6.45, 7) is 6.74. The first-order chi connectivity index (χ1) is 9.87. The third-order valence-corrected chi connectivity index (χ3v) is 3.69. The molecule has 21 heavy (non-hydrogen) atoms. The number of nitrogens with zero attached hydrogens (tertiary/aromatic N) is 1. The average molecular weight is 291 g/mol. The van der Waals surface area contributed by atoms with Crippen LogP contribution < -0.4 is 0 Å². The number of carbonyl (C=O) groups is 1. The Morgan fingerprint density at radius 2 is 1.95 bits per heavy atom. The number of aliphatic hydroxyl groups excluding tert-OH is 1. The molecule has 1 heterocycles. The summed E-state index contributed by atoms with van der Waals surface area (Å²) in [5.41, 5.74) is 0.574. The van der Waals surface area contributed by atoms with Gasteiger partial charge in [-0.25, -0.2) is 4.79 Å². The fourth-order valence-electron chi connectivity index (χ4n) is 2.66. The molecule has 1 N–H and O–H groups in total. The topological polar surface area (TPSA) is 49.8 Å². The Kier molecular flexibility index (Phi) is 4.88. The van der Waals surface area contributed by atoms with Crippen LogP contribution in [0.1, 0.15) is 45.1 Å². The van der Waals surface area contributed by atoms with Crippen LogP contribution in [0.15, 0.2) is 30.3 Å². The molecule has 0 aliphatic carbocycles. The molecule has 4 nitrogen and oxygen atoms in total. The molecule has 0 radical (unpaired) electrons. The lowest BCUT2D eigenvalue weighted by Gasteiger charge is -2.29. The zero-order valence-corrected chi connectivity index (χ0v) is 13.1. The molecule has 1 aromatic carbocycles. The quantitative estimate of drug-likeness (QED) is 0.864. The lowest BCUT2D eigenvalue weighted by Crippen LogP contribution is -2.39. The van der Waals surface area contributed by atoms with Gasteiger partial charge < -0.3 is 14.7 Å². The summed E-state index contributed by atoms with van der Waals surface area (Å²) in [4.78, 5) is 14.0. The third kappa shape index (κ3) is 4.46. The van der Waals surface area contributed by atoms with Gasteiger partial charge in [-0.05, 0) is 39.2 Å². The number of hydrogen-bond acceptors (Lipinski definition) is 3. The Hall–Kier alpha value is -1.55. The molecule has 2 atom stereocenters. The molecule has 1 saturated heterocycles. The lowest BCUT2D eigenvalue weighted by molar-refractivity contribution is 0.0236. The summed E-state index contributed by atoms with van der Waals surface area (Å²) in [6.07, 6.45) is 0.792. The molecular formula is C17H25NO3. The number of carbonyl (C=O) groups excluding carboxylic acids is 1. The molecule has 116 valence electrons. The van der Waals surface area contributed by atoms with E-state index in [1.807, 2.05) is 51.1 Å². The van der Waals surface area contributed by atoms with Crippen LogP contribution in [0.5, 0.6) is 0 Å². The van der Waals surface area contributed by atoms with Crippen molar-refractivity contribution in [2.75, 3.05) is 13.1 Å². The zero-order chi connectivity index (χ0) is 15.5. The van der Waals surface area contributed by atoms with E-state index < -0.39 is 11.7 Å². The highest BCUT2D eigenvalue weighted by atomic mass is 16.6. The second-order valence-electron chi connectivity index (χ2n) is 6.65. The number of amides is 1. The van der Waals surface area contributed by atoms with Gasteiger partial charge in [-0.2, -0.15) is 0 Å². The van der Waals surface area contributed by atoms with Gasteiger partial charge in [-0.1, -0.05) is 30.3 Å². The van der Waals surface area contributed by atoms with E-state index in [0.717, 1.165) is 12.0 Å². The Morgan fingerprint density at radius 3 is 2.57 bits per heavy atom. The molecule has 1 fully saturated rings. The molecule has 1 amide bonds. The highest BCUT2D eigenvalue weighted by Crippen LogP contribution is 2.27. The van der Waals surface area contributed by atoms with Crippen LogP contribution in [-0.2, 0) is 4.74 Å². The minimum atomic E-state index is -0.496. The number of rotatable bonds is 1. The molecule has 0 bridgehead atoms. The minimum absolute atomic E-state index is 0.0544. The van der Waals surface area contributed by atoms with Gasteiger partial charge in [-0.15, -0.1) is 0 Å². The van der Waals surface area contributed by atoms with Crippen LogP contribution in [0.2, 0.25) is 0 Å². The smallest absolute Gasteiger partial charge is 0.410 e. The summed E-state index contributed by atoms with van der Waals surface area (Å²) in [5.74, 6) is -0.0544. The summed E-state index contributed by atoms with van der Waals surface area (Å²) < 4.78 is 5.46. The van der Waals surface area contributed by atoms with E-state index in [2.05, 4.69) is 0 Å². The van der Waals surface area contributed by atoms with E-state index >= 15 is 0 Å². The highest BCUT2D eigenvalue weighted by Gasteiger charge is 2.31. The van der Waals surface area contributed by atoms with E-state index in [1.54, 1.807) is 4.90 Å². The number of aliphatic hydroxyl groups is 1. The standard InChI is InChI=1S/C17H25NO3/c1-17(2,3)21-16(20)18-11-7-10-15(19)14(12-18)13-8-5-4-6-9-13/h4-6,8-9,14-15,19H,7,10-12H2,1-3H3. The Balaban J connectivity index is 2.13. The predicted octanol–water partition coefficient (Wildman–Crippen LogP) is 3.16. The van der Waals surface area contributed by atoms with E-state index in [9.17, 15) is 9.90 Å². The number of ether oxygens (including phenoxy) is 1. The van der Waals surface area contributed by atoms with E-state index in [0.29, 0.717) is 19.5 Å². The fourth-order valence-corrected chi connectivity index (χ4v) is 2.66. The number of benzene rings is 1. The van der Waals surface area contributed by atoms with Gasteiger partial charge in [0.05, 0.1) is 6.10 Å². The van der Waals surface area contributed by atoms with Crippen molar-refractivity contribution in [1.29, 1.82) is 0 Å². The van der Waals surface area contributed by atoms with Crippen molar-refractivity contribution in [3.05, 3.63) is 35.9 Å². The average Bonchev–Trinajstić information content (AvgIpc) is 2.60. The van der Waals surface area contributed by atoms with Crippen LogP contribution in [0.3, 0.4) is 0 Å². The van der Waals surface area contributed by atoms with E-state index in [1.165, 1.54) is 0 Å². The molecule has 1 aromatic rings. The monoisotopic (exact) mass is 291 g/mol. The van der Waals surface area contributed by atoms with Gasteiger partial charge in [0.2, 0.25) is 0 Å². The van der Waals surface area contributed by atoms with Gasteiger partial charge in [0.1, 0.15) is 5.60 Å². The SMILES string of the molecule is CC(C)(C)OC(=O)N1CCCC(O)C(c2ccccc2)C1. The van der Waals surface area contributed by atoms with Crippen LogP contribution >= 0.6 is 0 Å². The first-order valence-electron chi connectivity index (χ1n) is 7.58. The minimum Gasteiger partial charge on any atom is -0.444 e. The van der Waals surface area contributed by atoms with Gasteiger partial charge in [0, 0.05) is 19.0 Å². The summed E-state index contributed by atoms with van der Waals surface area (Å²) in [6, 6.07) is 9.90. The summed E-state index contributed by atoms with van der Waals surface area (Å²) >= 11 is 0. The van der Waals surface area contributed by atoms with Gasteiger partial charge in [-0.3, -0.25) is 0 Å². The zero-order valence-electron chi connectivity index (χ0n) is 13.1. The molecule has 0 spiro atoms. The second kappa shape index (κ2) is 6.48. The fraction of sp³-hybridized carbons (Fsp3) is 0.588. The largest absolute Gasteiger partial charge is 0.444 e. The number of hydrogen-bond donors (Lipinski definition) is 1. The van der Waals surface area contributed by atoms with Crippen LogP contribution in [0.4, 0.5) is 4.79 Å². The molecule has 2 rings (SSSR count). The van der Waals surface area contributed by atoms with Gasteiger partial charge in [0.25, 0.3) is 0 Å². The molecule has 1 aliphatic rings. The van der Waals surface area contributed by atoms with Gasteiger partial charge >= 0.3 is 6.09 Å². The maximum absolute atomic E-state index is 12.3. The second-order valence-corrected chi connectivity index (χ2v) is 6.65. The van der Waals surface area contributed by atoms with Crippen LogP contribution in [0.25, 0.3) is 0 Å². The normalized spacial score (nSPS) is 23.5. The molecular weight excluding hydrogens is 266 g/mol. The van der Waals surface area contributed by atoms with Crippen molar-refractivity contribution in [3.63, 3.8) is 0 Å². The Bertz CT molecular complexity index is 467. The number of likely N-dealkylation sites (tertiary alicyclic amines) is 1. The van der Waals surface area contributed by atoms with Crippen molar-refractivity contribution < 1.29 is 14.6 Å². The first kappa shape index (κ1) is 15.8.